The molecule has 0 aliphatic rings. The number of ether oxygens (including phenoxy) is 1. The lowest BCUT2D eigenvalue weighted by Gasteiger charge is -2.08. The Morgan fingerprint density at radius 3 is 2.67 bits per heavy atom. The van der Waals surface area contributed by atoms with Crippen molar-refractivity contribution in [3.05, 3.63) is 47.4 Å². The molecule has 0 atom stereocenters. The molecule has 24 heavy (non-hydrogen) atoms. The number of benzene rings is 1. The largest absolute Gasteiger partial charge is 0.496 e. The second-order valence-electron chi connectivity index (χ2n) is 4.98. The first-order valence-electron chi connectivity index (χ1n) is 6.95. The zero-order chi connectivity index (χ0) is 17.3. The number of para-hydroxylation sites is 1. The van der Waals surface area contributed by atoms with E-state index in [2.05, 4.69) is 15.1 Å². The molecule has 0 amide bonds. The van der Waals surface area contributed by atoms with Gasteiger partial charge in [-0.3, -0.25) is 0 Å². The zero-order valence-corrected chi connectivity index (χ0v) is 13.6. The monoisotopic (exact) mass is 354 g/mol. The molecule has 0 bridgehead atoms. The van der Waals surface area contributed by atoms with Gasteiger partial charge in [0.05, 0.1) is 7.11 Å². The fourth-order valence-electron chi connectivity index (χ4n) is 2.15. The Labute approximate surface area is 139 Å². The molecule has 0 unspecified atom stereocenters. The van der Waals surface area contributed by atoms with E-state index in [4.69, 9.17) is 4.74 Å². The van der Waals surface area contributed by atoms with Crippen LogP contribution in [0.25, 0.3) is 5.78 Å². The van der Waals surface area contributed by atoms with Crippen LogP contribution in [0.4, 0.5) is 13.2 Å². The van der Waals surface area contributed by atoms with Crippen molar-refractivity contribution in [1.82, 2.24) is 19.6 Å². The normalized spacial score (nSPS) is 11.9. The lowest BCUT2D eigenvalue weighted by molar-refractivity contribution is -0.144. The molecule has 0 saturated heterocycles. The third kappa shape index (κ3) is 3.30. The number of fused-ring (bicyclic) bond motifs is 1. The number of halogens is 3. The highest BCUT2D eigenvalue weighted by Crippen LogP contribution is 2.30. The van der Waals surface area contributed by atoms with Crippen LogP contribution in [0.2, 0.25) is 0 Å². The summed E-state index contributed by atoms with van der Waals surface area (Å²) in [5.74, 6) is -0.0183. The fraction of sp³-hybridized carbons (Fsp3) is 0.267. The molecule has 3 aromatic rings. The highest BCUT2D eigenvalue weighted by Gasteiger charge is 2.36. The van der Waals surface area contributed by atoms with Crippen LogP contribution in [0.1, 0.15) is 17.1 Å². The highest BCUT2D eigenvalue weighted by atomic mass is 32.2. The minimum Gasteiger partial charge on any atom is -0.496 e. The number of nitrogens with zero attached hydrogens (tertiary/aromatic N) is 4. The number of hydrogen-bond donors (Lipinski definition) is 0. The summed E-state index contributed by atoms with van der Waals surface area (Å²) in [6.45, 7) is 1.70. The summed E-state index contributed by atoms with van der Waals surface area (Å²) in [6.07, 6.45) is -4.60. The average molecular weight is 354 g/mol. The second-order valence-corrected chi connectivity index (χ2v) is 5.98. The van der Waals surface area contributed by atoms with Crippen molar-refractivity contribution in [1.29, 1.82) is 0 Å². The number of methoxy groups -OCH3 is 1. The summed E-state index contributed by atoms with van der Waals surface area (Å²) in [7, 11) is 1.57. The highest BCUT2D eigenvalue weighted by molar-refractivity contribution is 7.98. The zero-order valence-electron chi connectivity index (χ0n) is 12.8. The number of thioether (sulfide) groups is 1. The van der Waals surface area contributed by atoms with Gasteiger partial charge in [-0.05, 0) is 19.1 Å². The van der Waals surface area contributed by atoms with E-state index in [1.165, 1.54) is 11.8 Å². The summed E-state index contributed by atoms with van der Waals surface area (Å²) in [6, 6.07) is 9.15. The van der Waals surface area contributed by atoms with Gasteiger partial charge in [-0.1, -0.05) is 18.2 Å². The third-order valence-electron chi connectivity index (χ3n) is 3.23. The van der Waals surface area contributed by atoms with Gasteiger partial charge >= 0.3 is 6.18 Å². The predicted molar refractivity (Wildman–Crippen MR) is 83.1 cm³/mol. The van der Waals surface area contributed by atoms with E-state index in [0.717, 1.165) is 15.8 Å². The van der Waals surface area contributed by atoms with Crippen LogP contribution in [-0.4, -0.2) is 26.7 Å². The van der Waals surface area contributed by atoms with Crippen LogP contribution in [0.15, 0.2) is 35.4 Å². The first kappa shape index (κ1) is 16.6. The van der Waals surface area contributed by atoms with Gasteiger partial charge in [0.1, 0.15) is 10.8 Å². The van der Waals surface area contributed by atoms with Gasteiger partial charge in [0.2, 0.25) is 0 Å². The molecule has 0 N–H and O–H groups in total. The standard InChI is InChI=1S/C15H13F3N4OS/c1-9-7-12(24-8-10-5-3-4-6-11(10)23-2)22-14(19-9)20-13(21-22)15(16,17)18/h3-7H,8H2,1-2H3. The number of rotatable bonds is 4. The molecule has 0 aliphatic heterocycles. The molecule has 0 aliphatic carbocycles. The molecule has 2 aromatic heterocycles. The van der Waals surface area contributed by atoms with Crippen LogP contribution >= 0.6 is 11.8 Å². The van der Waals surface area contributed by atoms with Crippen molar-refractivity contribution >= 4 is 17.5 Å². The maximum atomic E-state index is 12.8. The molecular formula is C15H13F3N4OS. The fourth-order valence-corrected chi connectivity index (χ4v) is 3.19. The Bertz CT molecular complexity index is 879. The maximum Gasteiger partial charge on any atom is 0.453 e. The summed E-state index contributed by atoms with van der Waals surface area (Å²) < 4.78 is 44.9. The lowest BCUT2D eigenvalue weighted by Crippen LogP contribution is -2.07. The average Bonchev–Trinajstić information content (AvgIpc) is 2.97. The smallest absolute Gasteiger partial charge is 0.453 e. The second kappa shape index (κ2) is 6.31. The van der Waals surface area contributed by atoms with E-state index in [1.807, 2.05) is 24.3 Å². The van der Waals surface area contributed by atoms with Gasteiger partial charge in [-0.25, -0.2) is 4.98 Å². The molecule has 9 heteroatoms. The minimum atomic E-state index is -4.60. The number of hydrogen-bond acceptors (Lipinski definition) is 5. The molecule has 2 heterocycles. The van der Waals surface area contributed by atoms with Gasteiger partial charge < -0.3 is 4.74 Å². The molecule has 5 nitrogen and oxygen atoms in total. The van der Waals surface area contributed by atoms with E-state index >= 15 is 0 Å². The number of aryl methyl sites for hydroxylation is 1. The molecule has 126 valence electrons. The maximum absolute atomic E-state index is 12.8. The number of alkyl halides is 3. The Kier molecular flexibility index (Phi) is 4.35. The Balaban J connectivity index is 1.95. The van der Waals surface area contributed by atoms with Gasteiger partial charge in [-0.2, -0.15) is 22.7 Å². The third-order valence-corrected chi connectivity index (χ3v) is 4.27. The summed E-state index contributed by atoms with van der Waals surface area (Å²) in [5, 5.41) is 4.08. The van der Waals surface area contributed by atoms with Crippen LogP contribution in [0.5, 0.6) is 5.75 Å². The SMILES string of the molecule is COc1ccccc1CSc1cc(C)nc2nc(C(F)(F)F)nn12. The first-order chi connectivity index (χ1) is 11.4. The van der Waals surface area contributed by atoms with Gasteiger partial charge in [0.15, 0.2) is 0 Å². The van der Waals surface area contributed by atoms with Crippen molar-refractivity contribution in [2.24, 2.45) is 0 Å². The van der Waals surface area contributed by atoms with Crippen molar-refractivity contribution in [2.75, 3.05) is 7.11 Å². The first-order valence-corrected chi connectivity index (χ1v) is 7.93. The van der Waals surface area contributed by atoms with E-state index in [1.54, 1.807) is 20.1 Å². The molecular weight excluding hydrogens is 341 g/mol. The topological polar surface area (TPSA) is 52.3 Å². The predicted octanol–water partition coefficient (Wildman–Crippen LogP) is 3.75. The molecule has 0 spiro atoms. The van der Waals surface area contributed by atoms with Crippen LogP contribution in [0, 0.1) is 6.92 Å². The molecule has 3 rings (SSSR count). The summed E-state index contributed by atoms with van der Waals surface area (Å²) >= 11 is 1.34. The lowest BCUT2D eigenvalue weighted by atomic mass is 10.2. The van der Waals surface area contributed by atoms with Crippen molar-refractivity contribution in [2.45, 2.75) is 23.9 Å². The molecule has 0 radical (unpaired) electrons. The van der Waals surface area contributed by atoms with Crippen molar-refractivity contribution in [3.8, 4) is 5.75 Å². The molecule has 0 saturated carbocycles. The van der Waals surface area contributed by atoms with Gasteiger partial charge in [0.25, 0.3) is 11.6 Å². The summed E-state index contributed by atoms with van der Waals surface area (Å²) in [5.41, 5.74) is 1.51. The Morgan fingerprint density at radius 2 is 1.96 bits per heavy atom. The molecule has 1 aromatic carbocycles. The van der Waals surface area contributed by atoms with Crippen LogP contribution in [-0.2, 0) is 11.9 Å². The van der Waals surface area contributed by atoms with E-state index in [-0.39, 0.29) is 5.78 Å². The van der Waals surface area contributed by atoms with Crippen LogP contribution in [0.3, 0.4) is 0 Å². The van der Waals surface area contributed by atoms with Crippen molar-refractivity contribution in [3.63, 3.8) is 0 Å². The quantitative estimate of drug-likeness (QED) is 0.528. The van der Waals surface area contributed by atoms with E-state index in [9.17, 15) is 13.2 Å². The van der Waals surface area contributed by atoms with E-state index in [0.29, 0.717) is 16.5 Å². The van der Waals surface area contributed by atoms with E-state index < -0.39 is 12.0 Å². The van der Waals surface area contributed by atoms with Crippen molar-refractivity contribution < 1.29 is 17.9 Å². The van der Waals surface area contributed by atoms with Gasteiger partial charge in [0, 0.05) is 17.0 Å². The van der Waals surface area contributed by atoms with Gasteiger partial charge in [-0.15, -0.1) is 16.9 Å². The number of aromatic nitrogens is 4. The Morgan fingerprint density at radius 1 is 1.21 bits per heavy atom. The molecule has 0 fully saturated rings. The Hall–Kier alpha value is -2.29. The van der Waals surface area contributed by atoms with Crippen LogP contribution < -0.4 is 4.74 Å². The minimum absolute atomic E-state index is 0.0650. The summed E-state index contributed by atoms with van der Waals surface area (Å²) in [4.78, 5) is 7.48.